The lowest BCUT2D eigenvalue weighted by Crippen LogP contribution is -2.18. The lowest BCUT2D eigenvalue weighted by atomic mass is 10.1. The topological polar surface area (TPSA) is 40.0 Å². The zero-order valence-corrected chi connectivity index (χ0v) is 13.2. The van der Waals surface area contributed by atoms with Gasteiger partial charge >= 0.3 is 13.2 Å². The molecule has 23 heavy (non-hydrogen) atoms. The van der Waals surface area contributed by atoms with E-state index in [4.69, 9.17) is 4.84 Å². The number of nitrogens with zero attached hydrogens (tertiary/aromatic N) is 1. The number of thioether (sulfide) groups is 1. The molecule has 4 nitrogen and oxygen atoms in total. The third-order valence-corrected chi connectivity index (χ3v) is 3.86. The minimum atomic E-state index is -3.15. The second kappa shape index (κ2) is 7.29. The SMILES string of the molecule is CC1(C)CC(SCc2cccc(OC(F)F)c2OC(F)F)=NO1. The second-order valence-corrected chi connectivity index (χ2v) is 6.35. The number of benzene rings is 1. The summed E-state index contributed by atoms with van der Waals surface area (Å²) in [5.74, 6) is -0.613. The summed E-state index contributed by atoms with van der Waals surface area (Å²) in [4.78, 5) is 5.20. The molecule has 0 radical (unpaired) electrons. The monoisotopic (exact) mass is 353 g/mol. The highest BCUT2D eigenvalue weighted by molar-refractivity contribution is 8.13. The summed E-state index contributed by atoms with van der Waals surface area (Å²) < 4.78 is 58.4. The van der Waals surface area contributed by atoms with Crippen LogP contribution in [0.3, 0.4) is 0 Å². The van der Waals surface area contributed by atoms with Crippen LogP contribution in [0.2, 0.25) is 0 Å². The zero-order chi connectivity index (χ0) is 17.0. The van der Waals surface area contributed by atoms with E-state index in [0.717, 1.165) is 6.07 Å². The summed E-state index contributed by atoms with van der Waals surface area (Å²) >= 11 is 1.27. The molecule has 0 atom stereocenters. The summed E-state index contributed by atoms with van der Waals surface area (Å²) in [6.07, 6.45) is 0.579. The van der Waals surface area contributed by atoms with Gasteiger partial charge in [0.2, 0.25) is 0 Å². The van der Waals surface area contributed by atoms with Gasteiger partial charge in [0.25, 0.3) is 0 Å². The highest BCUT2D eigenvalue weighted by atomic mass is 32.2. The van der Waals surface area contributed by atoms with Crippen molar-refractivity contribution < 1.29 is 31.9 Å². The van der Waals surface area contributed by atoms with Crippen LogP contribution in [0.15, 0.2) is 23.4 Å². The first-order chi connectivity index (χ1) is 10.8. The van der Waals surface area contributed by atoms with E-state index in [0.29, 0.717) is 17.0 Å². The smallest absolute Gasteiger partial charge is 0.387 e. The molecule has 0 fully saturated rings. The van der Waals surface area contributed by atoms with Crippen molar-refractivity contribution in [3.05, 3.63) is 23.8 Å². The lowest BCUT2D eigenvalue weighted by Gasteiger charge is -2.15. The maximum Gasteiger partial charge on any atom is 0.387 e. The fourth-order valence-corrected chi connectivity index (χ4v) is 3.02. The third kappa shape index (κ3) is 5.19. The number of alkyl halides is 4. The normalized spacial score (nSPS) is 16.4. The Morgan fingerprint density at radius 3 is 2.48 bits per heavy atom. The van der Waals surface area contributed by atoms with Crippen LogP contribution in [-0.2, 0) is 10.6 Å². The molecule has 0 spiro atoms. The number of hydrogen-bond donors (Lipinski definition) is 0. The molecule has 9 heteroatoms. The van der Waals surface area contributed by atoms with Crippen LogP contribution >= 0.6 is 11.8 Å². The zero-order valence-electron chi connectivity index (χ0n) is 12.4. The van der Waals surface area contributed by atoms with Crippen LogP contribution in [0.5, 0.6) is 11.5 Å². The van der Waals surface area contributed by atoms with Crippen LogP contribution in [-0.4, -0.2) is 23.9 Å². The summed E-state index contributed by atoms with van der Waals surface area (Å²) in [7, 11) is 0. The molecular formula is C14H15F4NO3S. The second-order valence-electron chi connectivity index (χ2n) is 5.30. The molecule has 0 bridgehead atoms. The Morgan fingerprint density at radius 2 is 1.91 bits per heavy atom. The summed E-state index contributed by atoms with van der Waals surface area (Å²) in [6, 6.07) is 4.09. The third-order valence-electron chi connectivity index (χ3n) is 2.85. The van der Waals surface area contributed by atoms with Crippen LogP contribution in [0.4, 0.5) is 17.6 Å². The predicted molar refractivity (Wildman–Crippen MR) is 78.2 cm³/mol. The summed E-state index contributed by atoms with van der Waals surface area (Å²) in [5.41, 5.74) is -0.105. The number of rotatable bonds is 6. The van der Waals surface area contributed by atoms with Crippen molar-refractivity contribution in [2.24, 2.45) is 5.16 Å². The quantitative estimate of drug-likeness (QED) is 0.699. The minimum absolute atomic E-state index is 0.209. The molecule has 0 N–H and O–H groups in total. The fraction of sp³-hybridized carbons (Fsp3) is 0.500. The Morgan fingerprint density at radius 1 is 1.22 bits per heavy atom. The summed E-state index contributed by atoms with van der Waals surface area (Å²) in [5, 5.41) is 4.60. The molecule has 1 aliphatic rings. The van der Waals surface area contributed by atoms with Gasteiger partial charge in [0.15, 0.2) is 11.5 Å². The molecule has 1 heterocycles. The fourth-order valence-electron chi connectivity index (χ4n) is 1.93. The maximum absolute atomic E-state index is 12.5. The summed E-state index contributed by atoms with van der Waals surface area (Å²) in [6.45, 7) is -2.54. The number of ether oxygens (including phenoxy) is 2. The van der Waals surface area contributed by atoms with E-state index < -0.39 is 30.3 Å². The molecular weight excluding hydrogens is 338 g/mol. The van der Waals surface area contributed by atoms with E-state index in [1.54, 1.807) is 0 Å². The van der Waals surface area contributed by atoms with E-state index in [9.17, 15) is 17.6 Å². The molecule has 2 rings (SSSR count). The minimum Gasteiger partial charge on any atom is -0.431 e. The number of para-hydroxylation sites is 1. The lowest BCUT2D eigenvalue weighted by molar-refractivity contribution is -0.0695. The first-order valence-corrected chi connectivity index (χ1v) is 7.65. The average molecular weight is 353 g/mol. The number of hydrogen-bond acceptors (Lipinski definition) is 5. The van der Waals surface area contributed by atoms with Gasteiger partial charge in [0.05, 0.1) is 0 Å². The van der Waals surface area contributed by atoms with Gasteiger partial charge in [-0.3, -0.25) is 0 Å². The van der Waals surface area contributed by atoms with Crippen LogP contribution in [0.1, 0.15) is 25.8 Å². The number of halogens is 4. The molecule has 1 aromatic carbocycles. The Bertz CT molecular complexity index is 581. The van der Waals surface area contributed by atoms with Gasteiger partial charge in [0.1, 0.15) is 10.6 Å². The van der Waals surface area contributed by atoms with Crippen molar-refractivity contribution in [3.63, 3.8) is 0 Å². The molecule has 0 aromatic heterocycles. The van der Waals surface area contributed by atoms with E-state index in [1.807, 2.05) is 13.8 Å². The molecule has 0 unspecified atom stereocenters. The van der Waals surface area contributed by atoms with Crippen LogP contribution in [0, 0.1) is 0 Å². The van der Waals surface area contributed by atoms with Gasteiger partial charge in [-0.05, 0) is 19.9 Å². The Kier molecular flexibility index (Phi) is 5.61. The molecule has 0 saturated heterocycles. The van der Waals surface area contributed by atoms with Gasteiger partial charge in [-0.1, -0.05) is 17.3 Å². The van der Waals surface area contributed by atoms with Crippen LogP contribution < -0.4 is 9.47 Å². The molecule has 0 aliphatic carbocycles. The first-order valence-electron chi connectivity index (χ1n) is 6.66. The molecule has 1 aliphatic heterocycles. The van der Waals surface area contributed by atoms with Gasteiger partial charge in [-0.2, -0.15) is 17.6 Å². The van der Waals surface area contributed by atoms with Crippen LogP contribution in [0.25, 0.3) is 0 Å². The first kappa shape index (κ1) is 17.7. The van der Waals surface area contributed by atoms with Crippen molar-refractivity contribution in [1.29, 1.82) is 0 Å². The largest absolute Gasteiger partial charge is 0.431 e. The molecule has 1 aromatic rings. The van der Waals surface area contributed by atoms with Gasteiger partial charge in [0, 0.05) is 17.7 Å². The van der Waals surface area contributed by atoms with Crippen molar-refractivity contribution >= 4 is 16.8 Å². The molecule has 0 saturated carbocycles. The van der Waals surface area contributed by atoms with Crippen molar-refractivity contribution in [2.45, 2.75) is 44.8 Å². The Labute approximate surface area is 134 Å². The van der Waals surface area contributed by atoms with E-state index >= 15 is 0 Å². The highest BCUT2D eigenvalue weighted by Crippen LogP contribution is 2.37. The Hall–Kier alpha value is -1.64. The van der Waals surface area contributed by atoms with Gasteiger partial charge in [-0.25, -0.2) is 0 Å². The Balaban J connectivity index is 2.13. The van der Waals surface area contributed by atoms with Gasteiger partial charge < -0.3 is 14.3 Å². The van der Waals surface area contributed by atoms with Crippen molar-refractivity contribution in [3.8, 4) is 11.5 Å². The van der Waals surface area contributed by atoms with E-state index in [1.165, 1.54) is 23.9 Å². The van der Waals surface area contributed by atoms with Crippen molar-refractivity contribution in [2.75, 3.05) is 0 Å². The van der Waals surface area contributed by atoms with Crippen molar-refractivity contribution in [1.82, 2.24) is 0 Å². The molecule has 0 amide bonds. The number of oxime groups is 1. The van der Waals surface area contributed by atoms with E-state index in [2.05, 4.69) is 14.6 Å². The van der Waals surface area contributed by atoms with Gasteiger partial charge in [-0.15, -0.1) is 11.8 Å². The predicted octanol–water partition coefficient (Wildman–Crippen LogP) is 4.64. The molecule has 128 valence electrons. The standard InChI is InChI=1S/C14H15F4NO3S/c1-14(2)6-10(19-22-14)23-7-8-4-3-5-9(20-12(15)16)11(8)21-13(17)18/h3-5,12-13H,6-7H2,1-2H3. The van der Waals surface area contributed by atoms with E-state index in [-0.39, 0.29) is 5.75 Å². The highest BCUT2D eigenvalue weighted by Gasteiger charge is 2.29. The maximum atomic E-state index is 12.5. The average Bonchev–Trinajstić information content (AvgIpc) is 2.77.